The Morgan fingerprint density at radius 2 is 2.24 bits per heavy atom. The van der Waals surface area contributed by atoms with Gasteiger partial charge in [-0.15, -0.1) is 0 Å². The Morgan fingerprint density at radius 1 is 1.38 bits per heavy atom. The molecule has 1 saturated carbocycles. The molecule has 1 aliphatic carbocycles. The fourth-order valence-corrected chi connectivity index (χ4v) is 2.27. The lowest BCUT2D eigenvalue weighted by atomic mass is 10.0. The second kappa shape index (κ2) is 5.90. The first-order chi connectivity index (χ1) is 10.2. The van der Waals surface area contributed by atoms with Gasteiger partial charge in [0, 0.05) is 20.3 Å². The van der Waals surface area contributed by atoms with Crippen molar-refractivity contribution in [3.8, 4) is 5.95 Å². The molecule has 0 aliphatic heterocycles. The Kier molecular flexibility index (Phi) is 3.98. The zero-order valence-electron chi connectivity index (χ0n) is 11.7. The highest BCUT2D eigenvalue weighted by Gasteiger charge is 2.41. The van der Waals surface area contributed by atoms with Crippen molar-refractivity contribution in [2.75, 3.05) is 25.6 Å². The fraction of sp³-hybridized carbons (Fsp3) is 0.583. The molecule has 1 N–H and O–H groups in total. The van der Waals surface area contributed by atoms with Crippen molar-refractivity contribution in [3.63, 3.8) is 0 Å². The monoisotopic (exact) mass is 309 g/mol. The summed E-state index contributed by atoms with van der Waals surface area (Å²) in [6.45, 7) is 1.57. The molecule has 0 atom stereocenters. The van der Waals surface area contributed by atoms with Gasteiger partial charge in [0.05, 0.1) is 0 Å². The molecule has 0 saturated heterocycles. The molecule has 0 aromatic carbocycles. The van der Waals surface area contributed by atoms with Gasteiger partial charge in [-0.25, -0.2) is 4.98 Å². The van der Waals surface area contributed by atoms with Crippen LogP contribution in [0.1, 0.15) is 19.3 Å². The van der Waals surface area contributed by atoms with Gasteiger partial charge >= 0.3 is 0 Å². The van der Waals surface area contributed by atoms with Gasteiger partial charge in [0.2, 0.25) is 11.2 Å². The van der Waals surface area contributed by atoms with E-state index in [0.29, 0.717) is 17.3 Å². The highest BCUT2D eigenvalue weighted by molar-refractivity contribution is 6.28. The topological polar surface area (TPSA) is 90.6 Å². The number of methoxy groups -OCH3 is 1. The Balaban J connectivity index is 1.68. The zero-order valence-corrected chi connectivity index (χ0v) is 12.4. The van der Waals surface area contributed by atoms with E-state index in [1.807, 2.05) is 0 Å². The summed E-state index contributed by atoms with van der Waals surface area (Å²) in [5, 5.41) is 7.34. The lowest BCUT2D eigenvalue weighted by Crippen LogP contribution is -2.19. The lowest BCUT2D eigenvalue weighted by Gasteiger charge is -2.15. The van der Waals surface area contributed by atoms with Crippen LogP contribution in [0.25, 0.3) is 5.95 Å². The van der Waals surface area contributed by atoms with Gasteiger partial charge in [-0.2, -0.15) is 24.7 Å². The Morgan fingerprint density at radius 3 is 2.90 bits per heavy atom. The zero-order chi connectivity index (χ0) is 14.7. The van der Waals surface area contributed by atoms with Crippen LogP contribution in [0.2, 0.25) is 5.28 Å². The molecule has 21 heavy (non-hydrogen) atoms. The van der Waals surface area contributed by atoms with Crippen molar-refractivity contribution in [1.29, 1.82) is 0 Å². The van der Waals surface area contributed by atoms with E-state index >= 15 is 0 Å². The van der Waals surface area contributed by atoms with Gasteiger partial charge in [-0.05, 0) is 36.3 Å². The fourth-order valence-electron chi connectivity index (χ4n) is 2.11. The first-order valence-electron chi connectivity index (χ1n) is 6.70. The number of ether oxygens (including phenoxy) is 1. The van der Waals surface area contributed by atoms with E-state index in [2.05, 4.69) is 30.4 Å². The van der Waals surface area contributed by atoms with Crippen molar-refractivity contribution >= 4 is 17.5 Å². The summed E-state index contributed by atoms with van der Waals surface area (Å²) in [6, 6.07) is 0. The number of nitrogens with one attached hydrogen (secondary N) is 1. The smallest absolute Gasteiger partial charge is 0.258 e. The maximum atomic E-state index is 5.93. The number of halogens is 1. The Labute approximate surface area is 126 Å². The van der Waals surface area contributed by atoms with E-state index in [-0.39, 0.29) is 5.28 Å². The predicted octanol–water partition coefficient (Wildman–Crippen LogP) is 1.33. The number of nitrogens with zero attached hydrogens (tertiary/aromatic N) is 6. The number of hydrogen-bond donors (Lipinski definition) is 1. The largest absolute Gasteiger partial charge is 0.385 e. The molecule has 1 fully saturated rings. The summed E-state index contributed by atoms with van der Waals surface area (Å²) in [6.07, 6.45) is 6.34. The molecular weight excluding hydrogens is 294 g/mol. The van der Waals surface area contributed by atoms with Crippen LogP contribution in [0.5, 0.6) is 0 Å². The summed E-state index contributed by atoms with van der Waals surface area (Å²) >= 11 is 5.93. The average molecular weight is 310 g/mol. The first-order valence-corrected chi connectivity index (χ1v) is 7.08. The molecule has 0 radical (unpaired) electrons. The maximum absolute atomic E-state index is 5.93. The van der Waals surface area contributed by atoms with Crippen molar-refractivity contribution in [2.24, 2.45) is 5.41 Å². The average Bonchev–Trinajstić information content (AvgIpc) is 3.03. The quantitative estimate of drug-likeness (QED) is 0.825. The van der Waals surface area contributed by atoms with Crippen LogP contribution >= 0.6 is 11.6 Å². The maximum Gasteiger partial charge on any atom is 0.258 e. The number of anilines is 1. The van der Waals surface area contributed by atoms with Gasteiger partial charge in [-0.3, -0.25) is 0 Å². The molecule has 0 bridgehead atoms. The van der Waals surface area contributed by atoms with Gasteiger partial charge in [0.1, 0.15) is 12.7 Å². The molecule has 2 aromatic rings. The Bertz CT molecular complexity index is 600. The van der Waals surface area contributed by atoms with E-state index < -0.39 is 0 Å². The highest BCUT2D eigenvalue weighted by atomic mass is 35.5. The number of rotatable bonds is 7. The standard InChI is InChI=1S/C12H16ClN7O/c1-21-5-4-12(2-3-12)6-15-10-17-9(13)18-11(19-10)20-8-14-7-16-20/h7-8H,2-6H2,1H3,(H,15,17,18,19). The summed E-state index contributed by atoms with van der Waals surface area (Å²) in [5.41, 5.74) is 0.294. The van der Waals surface area contributed by atoms with Crippen molar-refractivity contribution < 1.29 is 4.74 Å². The van der Waals surface area contributed by atoms with E-state index in [0.717, 1.165) is 19.6 Å². The van der Waals surface area contributed by atoms with Crippen LogP contribution in [0.3, 0.4) is 0 Å². The molecule has 8 nitrogen and oxygen atoms in total. The molecular formula is C12H16ClN7O. The lowest BCUT2D eigenvalue weighted by molar-refractivity contribution is 0.174. The third kappa shape index (κ3) is 3.45. The minimum absolute atomic E-state index is 0.125. The normalized spacial score (nSPS) is 15.9. The molecule has 2 aromatic heterocycles. The molecule has 0 spiro atoms. The minimum Gasteiger partial charge on any atom is -0.385 e. The molecule has 112 valence electrons. The van der Waals surface area contributed by atoms with Crippen LogP contribution < -0.4 is 5.32 Å². The molecule has 1 aliphatic rings. The minimum atomic E-state index is 0.125. The summed E-state index contributed by atoms with van der Waals surface area (Å²) in [4.78, 5) is 16.3. The van der Waals surface area contributed by atoms with E-state index in [1.165, 1.54) is 30.2 Å². The second-order valence-electron chi connectivity index (χ2n) is 5.16. The van der Waals surface area contributed by atoms with Gasteiger partial charge in [0.25, 0.3) is 5.95 Å². The molecule has 9 heteroatoms. The van der Waals surface area contributed by atoms with Gasteiger partial charge in [-0.1, -0.05) is 0 Å². The Hall–Kier alpha value is -1.80. The van der Waals surface area contributed by atoms with E-state index in [9.17, 15) is 0 Å². The molecule has 0 amide bonds. The third-order valence-corrected chi connectivity index (χ3v) is 3.80. The second-order valence-corrected chi connectivity index (χ2v) is 5.50. The van der Waals surface area contributed by atoms with Crippen LogP contribution in [0.4, 0.5) is 5.95 Å². The van der Waals surface area contributed by atoms with Crippen molar-refractivity contribution in [3.05, 3.63) is 17.9 Å². The van der Waals surface area contributed by atoms with Crippen molar-refractivity contribution in [1.82, 2.24) is 29.7 Å². The third-order valence-electron chi connectivity index (χ3n) is 3.64. The number of hydrogen-bond acceptors (Lipinski definition) is 7. The molecule has 3 rings (SSSR count). The highest BCUT2D eigenvalue weighted by Crippen LogP contribution is 2.48. The first kappa shape index (κ1) is 14.2. The summed E-state index contributed by atoms with van der Waals surface area (Å²) in [7, 11) is 1.72. The van der Waals surface area contributed by atoms with Crippen LogP contribution in [0.15, 0.2) is 12.7 Å². The number of aromatic nitrogens is 6. The van der Waals surface area contributed by atoms with Crippen LogP contribution in [0, 0.1) is 5.41 Å². The summed E-state index contributed by atoms with van der Waals surface area (Å²) in [5.74, 6) is 0.793. The SMILES string of the molecule is COCCC1(CNc2nc(Cl)nc(-n3cncn3)n2)CC1. The van der Waals surface area contributed by atoms with E-state index in [1.54, 1.807) is 7.11 Å². The molecule has 0 unspecified atom stereocenters. The predicted molar refractivity (Wildman–Crippen MR) is 76.4 cm³/mol. The van der Waals surface area contributed by atoms with Gasteiger partial charge < -0.3 is 10.1 Å². The summed E-state index contributed by atoms with van der Waals surface area (Å²) < 4.78 is 6.59. The van der Waals surface area contributed by atoms with E-state index in [4.69, 9.17) is 16.3 Å². The van der Waals surface area contributed by atoms with Crippen LogP contribution in [-0.2, 0) is 4.74 Å². The van der Waals surface area contributed by atoms with Crippen molar-refractivity contribution in [2.45, 2.75) is 19.3 Å². The van der Waals surface area contributed by atoms with Gasteiger partial charge in [0.15, 0.2) is 0 Å². The molecule has 2 heterocycles. The van der Waals surface area contributed by atoms with Crippen LogP contribution in [-0.4, -0.2) is 50.0 Å².